The third kappa shape index (κ3) is 5.09. The number of aliphatic hydroxyl groups excluding tert-OH is 1. The highest BCUT2D eigenvalue weighted by atomic mass is 16.5. The Morgan fingerprint density at radius 1 is 1.09 bits per heavy atom. The lowest BCUT2D eigenvalue weighted by Crippen LogP contribution is -2.32. The number of carbonyl (C=O) groups is 2. The number of rotatable bonds is 7. The van der Waals surface area contributed by atoms with Crippen LogP contribution in [0.15, 0.2) is 48.0 Å². The van der Waals surface area contributed by atoms with E-state index in [9.17, 15) is 19.8 Å². The number of methoxy groups -OCH3 is 1. The Labute approximate surface area is 201 Å². The van der Waals surface area contributed by atoms with Gasteiger partial charge in [-0.1, -0.05) is 45.0 Å². The molecule has 2 aromatic rings. The number of ketones is 1. The fourth-order valence-corrected chi connectivity index (χ4v) is 4.16. The molecular formula is C27H34N2O5. The average molecular weight is 467 g/mol. The monoisotopic (exact) mass is 466 g/mol. The zero-order valence-electron chi connectivity index (χ0n) is 20.8. The van der Waals surface area contributed by atoms with E-state index in [1.54, 1.807) is 6.07 Å². The first kappa shape index (κ1) is 25.3. The van der Waals surface area contributed by atoms with E-state index in [2.05, 4.69) is 20.8 Å². The van der Waals surface area contributed by atoms with Crippen molar-refractivity contribution in [3.8, 4) is 11.5 Å². The van der Waals surface area contributed by atoms with Crippen molar-refractivity contribution in [3.63, 3.8) is 0 Å². The minimum Gasteiger partial charge on any atom is -0.507 e. The van der Waals surface area contributed by atoms with Gasteiger partial charge >= 0.3 is 0 Å². The molecule has 7 heteroatoms. The number of phenols is 1. The molecule has 1 amide bonds. The van der Waals surface area contributed by atoms with Crippen LogP contribution >= 0.6 is 0 Å². The molecule has 2 aromatic carbocycles. The number of Topliss-reactive ketones (excluding diaryl/α,β-unsaturated/α-hetero) is 1. The molecule has 1 saturated heterocycles. The Hall–Kier alpha value is -3.32. The zero-order chi connectivity index (χ0) is 25.2. The van der Waals surface area contributed by atoms with E-state index in [0.717, 1.165) is 17.7 Å². The van der Waals surface area contributed by atoms with E-state index < -0.39 is 23.5 Å². The van der Waals surface area contributed by atoms with Crippen LogP contribution in [0.25, 0.3) is 5.76 Å². The highest BCUT2D eigenvalue weighted by Crippen LogP contribution is 2.41. The van der Waals surface area contributed by atoms with Crippen LogP contribution in [-0.4, -0.2) is 66.0 Å². The summed E-state index contributed by atoms with van der Waals surface area (Å²) >= 11 is 0. The molecular weight excluding hydrogens is 432 g/mol. The summed E-state index contributed by atoms with van der Waals surface area (Å²) in [6.45, 7) is 7.45. The quantitative estimate of drug-likeness (QED) is 0.363. The second-order valence-corrected chi connectivity index (χ2v) is 9.90. The molecule has 0 saturated carbocycles. The van der Waals surface area contributed by atoms with E-state index in [4.69, 9.17) is 4.74 Å². The predicted octanol–water partition coefficient (Wildman–Crippen LogP) is 4.07. The Bertz CT molecular complexity index is 1100. The lowest BCUT2D eigenvalue weighted by atomic mass is 9.85. The van der Waals surface area contributed by atoms with Crippen LogP contribution in [0, 0.1) is 0 Å². The minimum atomic E-state index is -0.762. The highest BCUT2D eigenvalue weighted by molar-refractivity contribution is 6.46. The fraction of sp³-hybridized carbons (Fsp3) is 0.407. The molecule has 0 spiro atoms. The summed E-state index contributed by atoms with van der Waals surface area (Å²) in [7, 11) is 5.36. The highest BCUT2D eigenvalue weighted by Gasteiger charge is 2.46. The number of hydrogen-bond donors (Lipinski definition) is 2. The Balaban J connectivity index is 2.13. The van der Waals surface area contributed by atoms with Gasteiger partial charge in [-0.05, 0) is 55.7 Å². The van der Waals surface area contributed by atoms with Crippen LogP contribution in [0.4, 0.5) is 0 Å². The van der Waals surface area contributed by atoms with Gasteiger partial charge in [0.1, 0.15) is 17.3 Å². The lowest BCUT2D eigenvalue weighted by molar-refractivity contribution is -0.139. The Morgan fingerprint density at radius 2 is 1.74 bits per heavy atom. The molecule has 0 unspecified atom stereocenters. The number of hydrogen-bond acceptors (Lipinski definition) is 6. The van der Waals surface area contributed by atoms with Crippen molar-refractivity contribution >= 4 is 17.4 Å². The number of nitrogens with zero attached hydrogens (tertiary/aromatic N) is 2. The maximum atomic E-state index is 13.1. The number of likely N-dealkylation sites (tertiary alicyclic amines) is 1. The number of carbonyl (C=O) groups excluding carboxylic acids is 2. The summed E-state index contributed by atoms with van der Waals surface area (Å²) in [5, 5.41) is 21.6. The number of ether oxygens (including phenoxy) is 1. The molecule has 0 radical (unpaired) electrons. The number of phenolic OH excluding ortho intramolecular Hbond substituents is 1. The number of amides is 1. The predicted molar refractivity (Wildman–Crippen MR) is 132 cm³/mol. The van der Waals surface area contributed by atoms with Gasteiger partial charge in [0, 0.05) is 12.6 Å². The van der Waals surface area contributed by atoms with Crippen LogP contribution < -0.4 is 4.74 Å². The third-order valence-corrected chi connectivity index (χ3v) is 6.10. The summed E-state index contributed by atoms with van der Waals surface area (Å²) < 4.78 is 5.11. The molecule has 1 fully saturated rings. The molecule has 0 bridgehead atoms. The number of aliphatic hydroxyl groups is 1. The van der Waals surface area contributed by atoms with Crippen molar-refractivity contribution in [2.24, 2.45) is 0 Å². The van der Waals surface area contributed by atoms with Gasteiger partial charge in [-0.15, -0.1) is 0 Å². The molecule has 182 valence electrons. The lowest BCUT2D eigenvalue weighted by Gasteiger charge is -2.27. The molecule has 7 nitrogen and oxygen atoms in total. The van der Waals surface area contributed by atoms with E-state index in [0.29, 0.717) is 18.7 Å². The second kappa shape index (κ2) is 9.89. The minimum absolute atomic E-state index is 0.0289. The molecule has 1 aliphatic rings. The molecule has 0 aromatic heterocycles. The summed E-state index contributed by atoms with van der Waals surface area (Å²) in [6.07, 6.45) is 0.671. The van der Waals surface area contributed by atoms with Crippen molar-refractivity contribution in [1.82, 2.24) is 9.80 Å². The van der Waals surface area contributed by atoms with Crippen LogP contribution in [-0.2, 0) is 15.0 Å². The summed E-state index contributed by atoms with van der Waals surface area (Å²) in [5.74, 6) is -1.65. The zero-order valence-corrected chi connectivity index (χ0v) is 20.8. The van der Waals surface area contributed by atoms with Crippen molar-refractivity contribution in [2.45, 2.75) is 38.6 Å². The molecule has 1 heterocycles. The van der Waals surface area contributed by atoms with Gasteiger partial charge in [-0.2, -0.15) is 0 Å². The Kier molecular flexibility index (Phi) is 7.36. The molecule has 3 rings (SSSR count). The first-order chi connectivity index (χ1) is 16.0. The third-order valence-electron chi connectivity index (χ3n) is 6.10. The molecule has 2 N–H and O–H groups in total. The van der Waals surface area contributed by atoms with Gasteiger partial charge in [0.05, 0.1) is 24.3 Å². The molecule has 1 atom stereocenters. The molecule has 1 aliphatic heterocycles. The van der Waals surface area contributed by atoms with E-state index >= 15 is 0 Å². The van der Waals surface area contributed by atoms with Crippen molar-refractivity contribution in [3.05, 3.63) is 64.7 Å². The molecule has 34 heavy (non-hydrogen) atoms. The standard InChI is InChI=1S/C27H34N2O5/c1-27(2,3)18-10-8-17(9-11-18)23-22(24(31)20-13-12-19(34-6)16-21(20)30)25(32)26(33)29(23)15-7-14-28(4)5/h8-13,16,23,30-31H,7,14-15H2,1-6H3/t23-/m1/s1. The smallest absolute Gasteiger partial charge is 0.295 e. The SMILES string of the molecule is COc1ccc(C(O)=C2C(=O)C(=O)N(CCCN(C)C)[C@@H]2c2ccc(C(C)(C)C)cc2)c(O)c1. The van der Waals surface area contributed by atoms with Crippen LogP contribution in [0.1, 0.15) is 49.9 Å². The fourth-order valence-electron chi connectivity index (χ4n) is 4.16. The van der Waals surface area contributed by atoms with Crippen molar-refractivity contribution in [2.75, 3.05) is 34.3 Å². The first-order valence-corrected chi connectivity index (χ1v) is 11.4. The topological polar surface area (TPSA) is 90.3 Å². The first-order valence-electron chi connectivity index (χ1n) is 11.4. The summed E-state index contributed by atoms with van der Waals surface area (Å²) in [5.41, 5.74) is 1.84. The summed E-state index contributed by atoms with van der Waals surface area (Å²) in [6, 6.07) is 11.4. The largest absolute Gasteiger partial charge is 0.507 e. The van der Waals surface area contributed by atoms with Gasteiger partial charge in [0.2, 0.25) is 0 Å². The maximum absolute atomic E-state index is 13.1. The number of aromatic hydroxyl groups is 1. The summed E-state index contributed by atoms with van der Waals surface area (Å²) in [4.78, 5) is 29.7. The van der Waals surface area contributed by atoms with Crippen LogP contribution in [0.2, 0.25) is 0 Å². The van der Waals surface area contributed by atoms with Crippen molar-refractivity contribution in [1.29, 1.82) is 0 Å². The van der Waals surface area contributed by atoms with Crippen molar-refractivity contribution < 1.29 is 24.5 Å². The second-order valence-electron chi connectivity index (χ2n) is 9.90. The van der Waals surface area contributed by atoms with Gasteiger partial charge in [0.15, 0.2) is 0 Å². The van der Waals surface area contributed by atoms with Gasteiger partial charge < -0.3 is 24.7 Å². The van der Waals surface area contributed by atoms with Crippen LogP contribution in [0.5, 0.6) is 11.5 Å². The van der Waals surface area contributed by atoms with Crippen LogP contribution in [0.3, 0.4) is 0 Å². The normalized spacial score (nSPS) is 18.1. The van der Waals surface area contributed by atoms with Gasteiger partial charge in [-0.25, -0.2) is 0 Å². The number of benzene rings is 2. The maximum Gasteiger partial charge on any atom is 0.295 e. The van der Waals surface area contributed by atoms with Gasteiger partial charge in [-0.3, -0.25) is 9.59 Å². The van der Waals surface area contributed by atoms with E-state index in [-0.39, 0.29) is 22.3 Å². The van der Waals surface area contributed by atoms with Gasteiger partial charge in [0.25, 0.3) is 11.7 Å². The van der Waals surface area contributed by atoms with E-state index in [1.165, 1.54) is 24.1 Å². The van der Waals surface area contributed by atoms with E-state index in [1.807, 2.05) is 43.3 Å². The average Bonchev–Trinajstić information content (AvgIpc) is 3.02. The molecule has 0 aliphatic carbocycles. The Morgan fingerprint density at radius 3 is 2.26 bits per heavy atom.